The van der Waals surface area contributed by atoms with Crippen LogP contribution in [0.2, 0.25) is 0 Å². The highest BCUT2D eigenvalue weighted by molar-refractivity contribution is 5.30. The molecule has 2 aliphatic heterocycles. The topological polar surface area (TPSA) is 160 Å². The molecule has 2 fully saturated rings. The smallest absolute Gasteiger partial charge is 0.151 e. The minimum atomic E-state index is -1.91. The Labute approximate surface area is 156 Å². The first kappa shape index (κ1) is 20.6. The van der Waals surface area contributed by atoms with E-state index in [9.17, 15) is 35.7 Å². The maximum atomic E-state index is 10.9. The van der Waals surface area contributed by atoms with Crippen molar-refractivity contribution < 1.29 is 45.2 Å². The van der Waals surface area contributed by atoms with Crippen LogP contribution < -0.4 is 0 Å². The second-order valence-corrected chi connectivity index (χ2v) is 7.16. The van der Waals surface area contributed by atoms with Gasteiger partial charge in [0.05, 0.1) is 12.7 Å². The van der Waals surface area contributed by atoms with Crippen LogP contribution in [0.15, 0.2) is 30.3 Å². The molecule has 2 heterocycles. The molecular weight excluding hydrogens is 360 g/mol. The molecule has 2 unspecified atom stereocenters. The summed E-state index contributed by atoms with van der Waals surface area (Å²) in [4.78, 5) is 0. The molecule has 10 atom stereocenters. The lowest BCUT2D eigenvalue weighted by molar-refractivity contribution is -0.345. The zero-order chi connectivity index (χ0) is 19.9. The van der Waals surface area contributed by atoms with E-state index in [1.54, 1.807) is 30.3 Å². The molecule has 0 aromatic heterocycles. The molecular formula is C18H26O9. The molecule has 0 aliphatic carbocycles. The van der Waals surface area contributed by atoms with Crippen LogP contribution in [0.3, 0.4) is 0 Å². The summed E-state index contributed by atoms with van der Waals surface area (Å²) in [6, 6.07) is 8.13. The zero-order valence-corrected chi connectivity index (χ0v) is 14.7. The van der Waals surface area contributed by atoms with Gasteiger partial charge in [-0.3, -0.25) is 0 Å². The highest BCUT2D eigenvalue weighted by Crippen LogP contribution is 2.45. The summed E-state index contributed by atoms with van der Waals surface area (Å²) >= 11 is 0. The SMILES string of the molecule is C[C@H]1OC(C2(c3ccccc3)O[C@H](CO)[C@H](O)[C@H](O)[C@H]2O)[C@@H](O)[C@@H](O)[C@@H]1O. The fourth-order valence-corrected chi connectivity index (χ4v) is 3.94. The van der Waals surface area contributed by atoms with E-state index in [4.69, 9.17) is 9.47 Å². The summed E-state index contributed by atoms with van der Waals surface area (Å²) in [6.07, 6.45) is -13.3. The number of benzene rings is 1. The first-order chi connectivity index (χ1) is 12.8. The largest absolute Gasteiger partial charge is 0.394 e. The normalized spacial score (nSPS) is 48.4. The lowest BCUT2D eigenvalue weighted by atomic mass is 9.72. The van der Waals surface area contributed by atoms with Gasteiger partial charge in [0.25, 0.3) is 0 Å². The summed E-state index contributed by atoms with van der Waals surface area (Å²) in [6.45, 7) is 0.818. The Balaban J connectivity index is 2.14. The summed E-state index contributed by atoms with van der Waals surface area (Å²) < 4.78 is 11.6. The number of ether oxygens (including phenoxy) is 2. The van der Waals surface area contributed by atoms with E-state index in [0.29, 0.717) is 5.56 Å². The molecule has 0 bridgehead atoms. The van der Waals surface area contributed by atoms with Crippen LogP contribution in [0.4, 0.5) is 0 Å². The minimum absolute atomic E-state index is 0.307. The van der Waals surface area contributed by atoms with Gasteiger partial charge in [-0.05, 0) is 12.5 Å². The molecule has 0 radical (unpaired) electrons. The third-order valence-electron chi connectivity index (χ3n) is 5.52. The zero-order valence-electron chi connectivity index (χ0n) is 14.7. The summed E-state index contributed by atoms with van der Waals surface area (Å²) in [7, 11) is 0. The molecule has 2 aliphatic rings. The predicted molar refractivity (Wildman–Crippen MR) is 90.5 cm³/mol. The Hall–Kier alpha value is -1.14. The Kier molecular flexibility index (Phi) is 5.88. The Bertz CT molecular complexity index is 627. The van der Waals surface area contributed by atoms with Crippen LogP contribution in [0.1, 0.15) is 12.5 Å². The van der Waals surface area contributed by atoms with Crippen LogP contribution in [0.25, 0.3) is 0 Å². The molecule has 1 aromatic rings. The second kappa shape index (κ2) is 7.70. The second-order valence-electron chi connectivity index (χ2n) is 7.16. The van der Waals surface area contributed by atoms with Crippen molar-refractivity contribution in [2.75, 3.05) is 6.61 Å². The molecule has 3 rings (SSSR count). The molecule has 9 nitrogen and oxygen atoms in total. The van der Waals surface area contributed by atoms with Crippen LogP contribution in [-0.2, 0) is 15.1 Å². The number of hydrogen-bond donors (Lipinski definition) is 7. The number of aliphatic hydroxyl groups is 7. The molecule has 152 valence electrons. The third kappa shape index (κ3) is 3.19. The Morgan fingerprint density at radius 3 is 2.07 bits per heavy atom. The van der Waals surface area contributed by atoms with Crippen LogP contribution in [0.5, 0.6) is 0 Å². The minimum Gasteiger partial charge on any atom is -0.394 e. The van der Waals surface area contributed by atoms with Gasteiger partial charge in [-0.25, -0.2) is 0 Å². The lowest BCUT2D eigenvalue weighted by Crippen LogP contribution is -2.72. The Morgan fingerprint density at radius 2 is 1.48 bits per heavy atom. The molecule has 7 N–H and O–H groups in total. The van der Waals surface area contributed by atoms with E-state index < -0.39 is 67.1 Å². The monoisotopic (exact) mass is 386 g/mol. The quantitative estimate of drug-likeness (QED) is 0.292. The fraction of sp³-hybridized carbons (Fsp3) is 0.667. The predicted octanol–water partition coefficient (Wildman–Crippen LogP) is -2.77. The number of rotatable bonds is 3. The van der Waals surface area contributed by atoms with Crippen molar-refractivity contribution in [2.45, 2.75) is 67.5 Å². The van der Waals surface area contributed by atoms with Crippen LogP contribution in [-0.4, -0.2) is 97.3 Å². The van der Waals surface area contributed by atoms with Gasteiger partial charge in [0.15, 0.2) is 5.60 Å². The van der Waals surface area contributed by atoms with E-state index in [0.717, 1.165) is 0 Å². The summed E-state index contributed by atoms with van der Waals surface area (Å²) in [5, 5.41) is 71.8. The molecule has 0 amide bonds. The third-order valence-corrected chi connectivity index (χ3v) is 5.52. The van der Waals surface area contributed by atoms with Gasteiger partial charge in [0, 0.05) is 0 Å². The standard InChI is InChI=1S/C18H26O9/c1-8-11(20)13(22)15(24)17(26-8)18(9-5-3-2-4-6-9)16(25)14(23)12(21)10(7-19)27-18/h2-6,8,10-17,19-25H,7H2,1H3/t8-,10-,11-,12+,13+,14+,15+,16-,17?,18?/m1/s1. The van der Waals surface area contributed by atoms with Crippen LogP contribution >= 0.6 is 0 Å². The van der Waals surface area contributed by atoms with Crippen molar-refractivity contribution in [3.05, 3.63) is 35.9 Å². The van der Waals surface area contributed by atoms with Crippen molar-refractivity contribution >= 4 is 0 Å². The van der Waals surface area contributed by atoms with E-state index >= 15 is 0 Å². The van der Waals surface area contributed by atoms with Gasteiger partial charge in [0.1, 0.15) is 48.8 Å². The average Bonchev–Trinajstić information content (AvgIpc) is 2.69. The van der Waals surface area contributed by atoms with Crippen LogP contribution in [0, 0.1) is 0 Å². The van der Waals surface area contributed by atoms with E-state index in [2.05, 4.69) is 0 Å². The van der Waals surface area contributed by atoms with Gasteiger partial charge in [-0.1, -0.05) is 30.3 Å². The lowest BCUT2D eigenvalue weighted by Gasteiger charge is -2.55. The van der Waals surface area contributed by atoms with Gasteiger partial charge < -0.3 is 45.2 Å². The fourth-order valence-electron chi connectivity index (χ4n) is 3.94. The van der Waals surface area contributed by atoms with Crippen molar-refractivity contribution in [2.24, 2.45) is 0 Å². The van der Waals surface area contributed by atoms with Crippen molar-refractivity contribution in [1.29, 1.82) is 0 Å². The summed E-state index contributed by atoms with van der Waals surface area (Å²) in [5.41, 5.74) is -1.61. The van der Waals surface area contributed by atoms with Gasteiger partial charge in [0.2, 0.25) is 0 Å². The summed E-state index contributed by atoms with van der Waals surface area (Å²) in [5.74, 6) is 0. The van der Waals surface area contributed by atoms with E-state index in [-0.39, 0.29) is 0 Å². The van der Waals surface area contributed by atoms with Gasteiger partial charge in [-0.15, -0.1) is 0 Å². The highest BCUT2D eigenvalue weighted by Gasteiger charge is 2.63. The molecule has 0 spiro atoms. The van der Waals surface area contributed by atoms with Gasteiger partial charge in [-0.2, -0.15) is 0 Å². The Morgan fingerprint density at radius 1 is 0.852 bits per heavy atom. The highest BCUT2D eigenvalue weighted by atomic mass is 16.6. The van der Waals surface area contributed by atoms with Crippen molar-refractivity contribution in [3.8, 4) is 0 Å². The van der Waals surface area contributed by atoms with Gasteiger partial charge >= 0.3 is 0 Å². The molecule has 0 saturated carbocycles. The molecule has 1 aromatic carbocycles. The number of aliphatic hydroxyl groups excluding tert-OH is 7. The van der Waals surface area contributed by atoms with E-state index in [1.165, 1.54) is 6.92 Å². The number of hydrogen-bond acceptors (Lipinski definition) is 9. The first-order valence-electron chi connectivity index (χ1n) is 8.83. The van der Waals surface area contributed by atoms with Crippen molar-refractivity contribution in [3.63, 3.8) is 0 Å². The average molecular weight is 386 g/mol. The maximum Gasteiger partial charge on any atom is 0.151 e. The maximum absolute atomic E-state index is 10.9. The molecule has 9 heteroatoms. The van der Waals surface area contributed by atoms with E-state index in [1.807, 2.05) is 0 Å². The molecule has 2 saturated heterocycles. The van der Waals surface area contributed by atoms with Crippen molar-refractivity contribution in [1.82, 2.24) is 0 Å². The first-order valence-corrected chi connectivity index (χ1v) is 8.83. The molecule has 27 heavy (non-hydrogen) atoms.